The third-order valence-corrected chi connectivity index (χ3v) is 8.08. The minimum absolute atomic E-state index is 0.0539. The number of hydrogen-bond donors (Lipinski definition) is 0. The van der Waals surface area contributed by atoms with E-state index in [0.717, 1.165) is 39.0 Å². The maximum atomic E-state index is 13.3. The maximum Gasteiger partial charge on any atom is 0.225 e. The average molecular weight is 460 g/mol. The van der Waals surface area contributed by atoms with Crippen molar-refractivity contribution in [3.05, 3.63) is 59.7 Å². The van der Waals surface area contributed by atoms with E-state index in [4.69, 9.17) is 0 Å². The molecule has 34 heavy (non-hydrogen) atoms. The highest BCUT2D eigenvalue weighted by molar-refractivity contribution is 5.84. The van der Waals surface area contributed by atoms with Gasteiger partial charge in [-0.05, 0) is 55.9 Å². The van der Waals surface area contributed by atoms with Gasteiger partial charge in [0.15, 0.2) is 0 Å². The summed E-state index contributed by atoms with van der Waals surface area (Å²) in [7, 11) is 0. The van der Waals surface area contributed by atoms with Crippen LogP contribution in [0.4, 0.5) is 0 Å². The molecular formula is C29H37N3O2. The van der Waals surface area contributed by atoms with E-state index in [1.54, 1.807) is 0 Å². The molecule has 5 nitrogen and oxygen atoms in total. The molecule has 0 unspecified atom stereocenters. The molecule has 2 fully saturated rings. The number of hydrogen-bond acceptors (Lipinski definition) is 3. The van der Waals surface area contributed by atoms with Crippen LogP contribution in [0.5, 0.6) is 0 Å². The van der Waals surface area contributed by atoms with Crippen molar-refractivity contribution in [1.29, 1.82) is 0 Å². The Hall–Kier alpha value is -2.66. The second kappa shape index (κ2) is 9.18. The molecular weight excluding hydrogens is 422 g/mol. The van der Waals surface area contributed by atoms with Gasteiger partial charge in [0, 0.05) is 63.1 Å². The number of fused-ring (bicyclic) bond motifs is 3. The molecule has 180 valence electrons. The van der Waals surface area contributed by atoms with Gasteiger partial charge in [-0.15, -0.1) is 0 Å². The van der Waals surface area contributed by atoms with E-state index in [2.05, 4.69) is 79.1 Å². The first-order valence-corrected chi connectivity index (χ1v) is 12.8. The summed E-state index contributed by atoms with van der Waals surface area (Å²) in [4.78, 5) is 32.9. The van der Waals surface area contributed by atoms with E-state index >= 15 is 0 Å². The fourth-order valence-electron chi connectivity index (χ4n) is 6.02. The van der Waals surface area contributed by atoms with Crippen molar-refractivity contribution in [3.63, 3.8) is 0 Å². The number of amides is 2. The lowest BCUT2D eigenvalue weighted by atomic mass is 9.91. The van der Waals surface area contributed by atoms with Crippen LogP contribution in [0, 0.1) is 5.92 Å². The predicted octanol–water partition coefficient (Wildman–Crippen LogP) is 4.37. The normalized spacial score (nSPS) is 19.7. The molecule has 2 aliphatic heterocycles. The van der Waals surface area contributed by atoms with Gasteiger partial charge in [0.05, 0.1) is 0 Å². The number of carbonyl (C=O) groups is 2. The lowest BCUT2D eigenvalue weighted by Crippen LogP contribution is -2.56. The first-order chi connectivity index (χ1) is 16.3. The molecule has 2 amide bonds. The van der Waals surface area contributed by atoms with Gasteiger partial charge >= 0.3 is 0 Å². The van der Waals surface area contributed by atoms with Crippen molar-refractivity contribution in [1.82, 2.24) is 14.7 Å². The molecule has 0 atom stereocenters. The van der Waals surface area contributed by atoms with Gasteiger partial charge < -0.3 is 9.80 Å². The van der Waals surface area contributed by atoms with Crippen LogP contribution in [0.3, 0.4) is 0 Å². The standard InChI is InChI=1S/C29H37N3O2/c1-29(2,3)32-18-16-31(17-19-32)28(34)21-12-14-30(15-13-21)27(33)20-26-24-10-6-4-8-22(24)23-9-5-7-11-25(23)26/h4-11,21,26H,12-20H2,1-3H3. The number of piperidine rings is 1. The highest BCUT2D eigenvalue weighted by atomic mass is 16.2. The fourth-order valence-corrected chi connectivity index (χ4v) is 6.02. The van der Waals surface area contributed by atoms with E-state index in [-0.39, 0.29) is 23.3 Å². The zero-order chi connectivity index (χ0) is 23.9. The van der Waals surface area contributed by atoms with Crippen molar-refractivity contribution in [2.75, 3.05) is 39.3 Å². The van der Waals surface area contributed by atoms with Gasteiger partial charge in [-0.3, -0.25) is 14.5 Å². The molecule has 3 aliphatic rings. The molecule has 0 aromatic heterocycles. The van der Waals surface area contributed by atoms with Gasteiger partial charge in [0.1, 0.15) is 0 Å². The van der Waals surface area contributed by atoms with Crippen LogP contribution in [-0.4, -0.2) is 71.3 Å². The molecule has 5 rings (SSSR count). The van der Waals surface area contributed by atoms with Crippen molar-refractivity contribution in [3.8, 4) is 11.1 Å². The first-order valence-electron chi connectivity index (χ1n) is 12.8. The summed E-state index contributed by atoms with van der Waals surface area (Å²) < 4.78 is 0. The highest BCUT2D eigenvalue weighted by Gasteiger charge is 2.35. The minimum Gasteiger partial charge on any atom is -0.343 e. The summed E-state index contributed by atoms with van der Waals surface area (Å²) in [5, 5.41) is 0. The Morgan fingerprint density at radius 3 is 1.82 bits per heavy atom. The van der Waals surface area contributed by atoms with E-state index < -0.39 is 0 Å². The van der Waals surface area contributed by atoms with Crippen molar-refractivity contribution in [2.45, 2.75) is 51.5 Å². The molecule has 0 spiro atoms. The summed E-state index contributed by atoms with van der Waals surface area (Å²) in [6.45, 7) is 11.6. The summed E-state index contributed by atoms with van der Waals surface area (Å²) in [6, 6.07) is 16.9. The predicted molar refractivity (Wildman–Crippen MR) is 136 cm³/mol. The zero-order valence-corrected chi connectivity index (χ0v) is 20.8. The Bertz CT molecular complexity index is 1010. The third-order valence-electron chi connectivity index (χ3n) is 8.08. The number of benzene rings is 2. The Balaban J connectivity index is 1.17. The third kappa shape index (κ3) is 4.38. The van der Waals surface area contributed by atoms with E-state index in [0.29, 0.717) is 25.4 Å². The largest absolute Gasteiger partial charge is 0.343 e. The quantitative estimate of drug-likeness (QED) is 0.685. The van der Waals surface area contributed by atoms with Gasteiger partial charge in [0.2, 0.25) is 11.8 Å². The summed E-state index contributed by atoms with van der Waals surface area (Å²) >= 11 is 0. The number of carbonyl (C=O) groups excluding carboxylic acids is 2. The highest BCUT2D eigenvalue weighted by Crippen LogP contribution is 2.46. The lowest BCUT2D eigenvalue weighted by molar-refractivity contribution is -0.142. The van der Waals surface area contributed by atoms with Crippen LogP contribution in [0.15, 0.2) is 48.5 Å². The topological polar surface area (TPSA) is 43.9 Å². The van der Waals surface area contributed by atoms with Crippen LogP contribution in [0.25, 0.3) is 11.1 Å². The molecule has 1 aliphatic carbocycles. The number of nitrogens with zero attached hydrogens (tertiary/aromatic N) is 3. The summed E-state index contributed by atoms with van der Waals surface area (Å²) in [6.07, 6.45) is 2.06. The van der Waals surface area contributed by atoms with E-state index in [1.807, 2.05) is 4.90 Å². The maximum absolute atomic E-state index is 13.3. The fraction of sp³-hybridized carbons (Fsp3) is 0.517. The molecule has 0 saturated carbocycles. The Morgan fingerprint density at radius 2 is 1.29 bits per heavy atom. The molecule has 2 aromatic rings. The molecule has 5 heteroatoms. The smallest absolute Gasteiger partial charge is 0.225 e. The number of rotatable bonds is 3. The van der Waals surface area contributed by atoms with Gasteiger partial charge in [-0.2, -0.15) is 0 Å². The zero-order valence-electron chi connectivity index (χ0n) is 20.8. The first kappa shape index (κ1) is 23.1. The molecule has 2 aromatic carbocycles. The van der Waals surface area contributed by atoms with Gasteiger partial charge in [0.25, 0.3) is 0 Å². The van der Waals surface area contributed by atoms with Crippen LogP contribution >= 0.6 is 0 Å². The molecule has 0 radical (unpaired) electrons. The van der Waals surface area contributed by atoms with Crippen molar-refractivity contribution in [2.24, 2.45) is 5.92 Å². The molecule has 2 saturated heterocycles. The Morgan fingerprint density at radius 1 is 0.765 bits per heavy atom. The van der Waals surface area contributed by atoms with Gasteiger partial charge in [-0.1, -0.05) is 48.5 Å². The number of piperazine rings is 1. The Labute approximate surface area is 203 Å². The molecule has 0 bridgehead atoms. The van der Waals surface area contributed by atoms with E-state index in [9.17, 15) is 9.59 Å². The number of likely N-dealkylation sites (tertiary alicyclic amines) is 1. The lowest BCUT2D eigenvalue weighted by Gasteiger charge is -2.43. The average Bonchev–Trinajstić information content (AvgIpc) is 3.17. The van der Waals surface area contributed by atoms with Crippen molar-refractivity contribution >= 4 is 11.8 Å². The second-order valence-electron chi connectivity index (χ2n) is 11.1. The van der Waals surface area contributed by atoms with Crippen LogP contribution < -0.4 is 0 Å². The SMILES string of the molecule is CC(C)(C)N1CCN(C(=O)C2CCN(C(=O)CC3c4ccccc4-c4ccccc43)CC2)CC1. The summed E-state index contributed by atoms with van der Waals surface area (Å²) in [5.41, 5.74) is 5.19. The summed E-state index contributed by atoms with van der Waals surface area (Å²) in [5.74, 6) is 0.678. The van der Waals surface area contributed by atoms with E-state index in [1.165, 1.54) is 22.3 Å². The molecule has 2 heterocycles. The molecule has 0 N–H and O–H groups in total. The van der Waals surface area contributed by atoms with Crippen molar-refractivity contribution < 1.29 is 9.59 Å². The van der Waals surface area contributed by atoms with Crippen LogP contribution in [0.1, 0.15) is 57.1 Å². The van der Waals surface area contributed by atoms with Crippen LogP contribution in [0.2, 0.25) is 0 Å². The Kier molecular flexibility index (Phi) is 6.24. The minimum atomic E-state index is 0.0539. The second-order valence-corrected chi connectivity index (χ2v) is 11.1. The monoisotopic (exact) mass is 459 g/mol. The van der Waals surface area contributed by atoms with Crippen LogP contribution in [-0.2, 0) is 9.59 Å². The van der Waals surface area contributed by atoms with Gasteiger partial charge in [-0.25, -0.2) is 0 Å².